The molecule has 0 saturated carbocycles. The standard InChI is InChI=1S/C16H22ClNO/c1-13-4-2-5-15(10-13)11-16(19)18-9-3-6-14(12-18)7-8-17/h2,4-5,10,14H,3,6-9,11-12H2,1H3. The van der Waals surface area contributed by atoms with Gasteiger partial charge < -0.3 is 4.90 Å². The third-order valence-electron chi connectivity index (χ3n) is 3.83. The van der Waals surface area contributed by atoms with Crippen LogP contribution in [0.5, 0.6) is 0 Å². The lowest BCUT2D eigenvalue weighted by atomic mass is 9.95. The van der Waals surface area contributed by atoms with Crippen molar-refractivity contribution >= 4 is 17.5 Å². The summed E-state index contributed by atoms with van der Waals surface area (Å²) in [6.07, 6.45) is 3.87. The fraction of sp³-hybridized carbons (Fsp3) is 0.562. The summed E-state index contributed by atoms with van der Waals surface area (Å²) in [5.41, 5.74) is 2.33. The molecule has 0 radical (unpaired) electrons. The Bertz CT molecular complexity index is 431. The van der Waals surface area contributed by atoms with Gasteiger partial charge in [-0.2, -0.15) is 0 Å². The van der Waals surface area contributed by atoms with Crippen molar-refractivity contribution in [1.82, 2.24) is 4.90 Å². The minimum atomic E-state index is 0.255. The maximum absolute atomic E-state index is 12.3. The molecule has 1 fully saturated rings. The average molecular weight is 280 g/mol. The summed E-state index contributed by atoms with van der Waals surface area (Å²) in [4.78, 5) is 14.3. The quantitative estimate of drug-likeness (QED) is 0.774. The summed E-state index contributed by atoms with van der Waals surface area (Å²) in [6.45, 7) is 3.85. The van der Waals surface area contributed by atoms with E-state index in [4.69, 9.17) is 11.6 Å². The summed E-state index contributed by atoms with van der Waals surface area (Å²) in [5, 5.41) is 0. The Labute approximate surface area is 120 Å². The molecular formula is C16H22ClNO. The highest BCUT2D eigenvalue weighted by atomic mass is 35.5. The Morgan fingerprint density at radius 3 is 3.05 bits per heavy atom. The SMILES string of the molecule is Cc1cccc(CC(=O)N2CCCC(CCCl)C2)c1. The van der Waals surface area contributed by atoms with Gasteiger partial charge in [-0.15, -0.1) is 11.6 Å². The van der Waals surface area contributed by atoms with Crippen LogP contribution in [-0.2, 0) is 11.2 Å². The minimum absolute atomic E-state index is 0.255. The number of hydrogen-bond donors (Lipinski definition) is 0. The number of nitrogens with zero attached hydrogens (tertiary/aromatic N) is 1. The smallest absolute Gasteiger partial charge is 0.226 e. The normalized spacial score (nSPS) is 19.5. The summed E-state index contributed by atoms with van der Waals surface area (Å²) in [6, 6.07) is 8.21. The van der Waals surface area contributed by atoms with Crippen molar-refractivity contribution in [2.24, 2.45) is 5.92 Å². The van der Waals surface area contributed by atoms with Gasteiger partial charge in [0.05, 0.1) is 6.42 Å². The van der Waals surface area contributed by atoms with Crippen molar-refractivity contribution in [3.8, 4) is 0 Å². The largest absolute Gasteiger partial charge is 0.342 e. The zero-order chi connectivity index (χ0) is 13.7. The first-order valence-corrected chi connectivity index (χ1v) is 7.62. The third-order valence-corrected chi connectivity index (χ3v) is 4.05. The molecule has 104 valence electrons. The Morgan fingerprint density at radius 2 is 2.32 bits per heavy atom. The van der Waals surface area contributed by atoms with Gasteiger partial charge in [-0.25, -0.2) is 0 Å². The summed E-state index contributed by atoms with van der Waals surface area (Å²) in [7, 11) is 0. The molecule has 1 atom stereocenters. The molecule has 1 aromatic rings. The molecule has 1 aliphatic rings. The third kappa shape index (κ3) is 4.24. The highest BCUT2D eigenvalue weighted by molar-refractivity contribution is 6.17. The number of aryl methyl sites for hydroxylation is 1. The lowest BCUT2D eigenvalue weighted by Crippen LogP contribution is -2.40. The van der Waals surface area contributed by atoms with Gasteiger partial charge in [0.1, 0.15) is 0 Å². The second-order valence-corrected chi connectivity index (χ2v) is 5.87. The fourth-order valence-corrected chi connectivity index (χ4v) is 3.10. The number of carbonyl (C=O) groups excluding carboxylic acids is 1. The van der Waals surface area contributed by atoms with Gasteiger partial charge in [-0.05, 0) is 37.7 Å². The van der Waals surface area contributed by atoms with E-state index in [2.05, 4.69) is 19.1 Å². The predicted octanol–water partition coefficient (Wildman–Crippen LogP) is 3.41. The number of likely N-dealkylation sites (tertiary alicyclic amines) is 1. The zero-order valence-electron chi connectivity index (χ0n) is 11.6. The van der Waals surface area contributed by atoms with Crippen molar-refractivity contribution in [3.05, 3.63) is 35.4 Å². The highest BCUT2D eigenvalue weighted by Crippen LogP contribution is 2.20. The van der Waals surface area contributed by atoms with Crippen molar-refractivity contribution in [3.63, 3.8) is 0 Å². The van der Waals surface area contributed by atoms with Crippen LogP contribution in [0.4, 0.5) is 0 Å². The second kappa shape index (κ2) is 6.95. The van der Waals surface area contributed by atoms with Gasteiger partial charge in [0.2, 0.25) is 5.91 Å². The van der Waals surface area contributed by atoms with Gasteiger partial charge >= 0.3 is 0 Å². The van der Waals surface area contributed by atoms with Crippen LogP contribution in [0.25, 0.3) is 0 Å². The van der Waals surface area contributed by atoms with Crippen molar-refractivity contribution in [1.29, 1.82) is 0 Å². The number of hydrogen-bond acceptors (Lipinski definition) is 1. The van der Waals surface area contributed by atoms with E-state index in [0.717, 1.165) is 31.5 Å². The van der Waals surface area contributed by atoms with E-state index in [9.17, 15) is 4.79 Å². The van der Waals surface area contributed by atoms with Crippen LogP contribution < -0.4 is 0 Å². The molecule has 2 nitrogen and oxygen atoms in total. The van der Waals surface area contributed by atoms with E-state index < -0.39 is 0 Å². The summed E-state index contributed by atoms with van der Waals surface area (Å²) >= 11 is 5.81. The van der Waals surface area contributed by atoms with Crippen LogP contribution >= 0.6 is 11.6 Å². The molecule has 0 aliphatic carbocycles. The van der Waals surface area contributed by atoms with Crippen LogP contribution in [-0.4, -0.2) is 29.8 Å². The molecule has 1 aliphatic heterocycles. The maximum Gasteiger partial charge on any atom is 0.226 e. The van der Waals surface area contributed by atoms with E-state index in [-0.39, 0.29) is 5.91 Å². The summed E-state index contributed by atoms with van der Waals surface area (Å²) < 4.78 is 0. The molecule has 1 heterocycles. The molecule has 3 heteroatoms. The van der Waals surface area contributed by atoms with Crippen LogP contribution in [0.1, 0.15) is 30.4 Å². The number of halogens is 1. The van der Waals surface area contributed by atoms with E-state index in [1.807, 2.05) is 17.0 Å². The molecule has 2 rings (SSSR count). The lowest BCUT2D eigenvalue weighted by molar-refractivity contribution is -0.132. The fourth-order valence-electron chi connectivity index (χ4n) is 2.79. The van der Waals surface area contributed by atoms with Gasteiger partial charge in [0.15, 0.2) is 0 Å². The van der Waals surface area contributed by atoms with E-state index in [1.165, 1.54) is 12.0 Å². The van der Waals surface area contributed by atoms with Crippen LogP contribution in [0, 0.1) is 12.8 Å². The Balaban J connectivity index is 1.92. The number of alkyl halides is 1. The number of benzene rings is 1. The summed E-state index contributed by atoms with van der Waals surface area (Å²) in [5.74, 6) is 1.54. The molecule has 0 aromatic heterocycles. The van der Waals surface area contributed by atoms with Gasteiger partial charge in [-0.3, -0.25) is 4.79 Å². The molecule has 1 saturated heterocycles. The van der Waals surface area contributed by atoms with E-state index in [1.54, 1.807) is 0 Å². The zero-order valence-corrected chi connectivity index (χ0v) is 12.3. The molecule has 1 aromatic carbocycles. The predicted molar refractivity (Wildman–Crippen MR) is 79.5 cm³/mol. The topological polar surface area (TPSA) is 20.3 Å². The number of amides is 1. The molecule has 19 heavy (non-hydrogen) atoms. The molecule has 0 N–H and O–H groups in total. The molecule has 1 amide bonds. The molecule has 0 spiro atoms. The Kier molecular flexibility index (Phi) is 5.26. The van der Waals surface area contributed by atoms with E-state index >= 15 is 0 Å². The van der Waals surface area contributed by atoms with Crippen LogP contribution in [0.15, 0.2) is 24.3 Å². The van der Waals surface area contributed by atoms with Gasteiger partial charge in [0, 0.05) is 19.0 Å². The molecule has 0 bridgehead atoms. The monoisotopic (exact) mass is 279 g/mol. The molecule has 1 unspecified atom stereocenters. The van der Waals surface area contributed by atoms with Crippen molar-refractivity contribution in [2.75, 3.05) is 19.0 Å². The van der Waals surface area contributed by atoms with Crippen LogP contribution in [0.2, 0.25) is 0 Å². The number of carbonyl (C=O) groups is 1. The minimum Gasteiger partial charge on any atom is -0.342 e. The van der Waals surface area contributed by atoms with E-state index in [0.29, 0.717) is 18.2 Å². The number of piperidine rings is 1. The van der Waals surface area contributed by atoms with Crippen molar-refractivity contribution in [2.45, 2.75) is 32.6 Å². The van der Waals surface area contributed by atoms with Gasteiger partial charge in [0.25, 0.3) is 0 Å². The lowest BCUT2D eigenvalue weighted by Gasteiger charge is -2.32. The maximum atomic E-state index is 12.3. The van der Waals surface area contributed by atoms with Crippen LogP contribution in [0.3, 0.4) is 0 Å². The molecular weight excluding hydrogens is 258 g/mol. The first-order chi connectivity index (χ1) is 9.19. The van der Waals surface area contributed by atoms with Crippen molar-refractivity contribution < 1.29 is 4.79 Å². The Hall–Kier alpha value is -1.02. The second-order valence-electron chi connectivity index (χ2n) is 5.49. The first-order valence-electron chi connectivity index (χ1n) is 7.08. The number of rotatable bonds is 4. The highest BCUT2D eigenvalue weighted by Gasteiger charge is 2.23. The Morgan fingerprint density at radius 1 is 1.47 bits per heavy atom. The van der Waals surface area contributed by atoms with Gasteiger partial charge in [-0.1, -0.05) is 29.8 Å². The first kappa shape index (κ1) is 14.4. The average Bonchev–Trinajstić information content (AvgIpc) is 2.39.